The van der Waals surface area contributed by atoms with Gasteiger partial charge in [-0.05, 0) is 54.8 Å². The third-order valence-corrected chi connectivity index (χ3v) is 6.01. The van der Waals surface area contributed by atoms with Crippen LogP contribution < -0.4 is 0 Å². The number of hydrogen-bond acceptors (Lipinski definition) is 4. The lowest BCUT2D eigenvalue weighted by molar-refractivity contribution is -0.133. The first-order valence-electron chi connectivity index (χ1n) is 10.5. The van der Waals surface area contributed by atoms with Crippen LogP contribution in [-0.4, -0.2) is 59.9 Å². The van der Waals surface area contributed by atoms with E-state index in [1.807, 2.05) is 29.2 Å². The Bertz CT molecular complexity index is 886. The molecule has 1 saturated heterocycles. The standard InChI is InChI=1S/C24H28N4O/c25-16-20-6-8-21(9-7-20)17-26-11-3-12-27(15-14-26)19-24(29)28-13-10-22-4-1-2-5-23(22)18-28/h1-2,4-9H,3,10-15,17-19H2. The summed E-state index contributed by atoms with van der Waals surface area (Å²) in [6.07, 6.45) is 2.03. The van der Waals surface area contributed by atoms with E-state index in [1.54, 1.807) is 0 Å². The summed E-state index contributed by atoms with van der Waals surface area (Å²) in [6.45, 7) is 6.90. The van der Waals surface area contributed by atoms with Crippen LogP contribution in [0.2, 0.25) is 0 Å². The van der Waals surface area contributed by atoms with Crippen LogP contribution in [0.1, 0.15) is 28.7 Å². The minimum absolute atomic E-state index is 0.250. The fraction of sp³-hybridized carbons (Fsp3) is 0.417. The first-order chi connectivity index (χ1) is 14.2. The Kier molecular flexibility index (Phi) is 6.24. The number of fused-ring (bicyclic) bond motifs is 1. The molecule has 0 atom stereocenters. The van der Waals surface area contributed by atoms with Gasteiger partial charge >= 0.3 is 0 Å². The lowest BCUT2D eigenvalue weighted by Crippen LogP contribution is -2.43. The molecule has 0 aromatic heterocycles. The van der Waals surface area contributed by atoms with Crippen molar-refractivity contribution in [3.63, 3.8) is 0 Å². The molecule has 29 heavy (non-hydrogen) atoms. The van der Waals surface area contributed by atoms with Gasteiger partial charge in [-0.2, -0.15) is 5.26 Å². The smallest absolute Gasteiger partial charge is 0.237 e. The summed E-state index contributed by atoms with van der Waals surface area (Å²) in [5.74, 6) is 0.250. The van der Waals surface area contributed by atoms with Crippen LogP contribution in [0.5, 0.6) is 0 Å². The van der Waals surface area contributed by atoms with Crippen LogP contribution in [0.25, 0.3) is 0 Å². The van der Waals surface area contributed by atoms with E-state index in [2.05, 4.69) is 40.1 Å². The molecule has 2 aliphatic heterocycles. The van der Waals surface area contributed by atoms with Crippen LogP contribution in [0.3, 0.4) is 0 Å². The largest absolute Gasteiger partial charge is 0.337 e. The van der Waals surface area contributed by atoms with Gasteiger partial charge < -0.3 is 4.90 Å². The molecule has 4 rings (SSSR count). The van der Waals surface area contributed by atoms with Gasteiger partial charge in [-0.15, -0.1) is 0 Å². The number of benzene rings is 2. The predicted molar refractivity (Wildman–Crippen MR) is 113 cm³/mol. The molecule has 2 heterocycles. The lowest BCUT2D eigenvalue weighted by atomic mass is 10.00. The Labute approximate surface area is 173 Å². The maximum absolute atomic E-state index is 12.9. The zero-order chi connectivity index (χ0) is 20.1. The van der Waals surface area contributed by atoms with Gasteiger partial charge in [0.2, 0.25) is 5.91 Å². The predicted octanol–water partition coefficient (Wildman–Crippen LogP) is 2.65. The van der Waals surface area contributed by atoms with E-state index in [-0.39, 0.29) is 5.91 Å². The molecule has 5 heteroatoms. The quantitative estimate of drug-likeness (QED) is 0.808. The van der Waals surface area contributed by atoms with Gasteiger partial charge in [0, 0.05) is 32.7 Å². The Balaban J connectivity index is 1.27. The minimum atomic E-state index is 0.250. The number of nitriles is 1. The van der Waals surface area contributed by atoms with E-state index in [0.29, 0.717) is 12.1 Å². The molecule has 0 radical (unpaired) electrons. The SMILES string of the molecule is N#Cc1ccc(CN2CCCN(CC(=O)N3CCc4ccccc4C3)CC2)cc1. The van der Waals surface area contributed by atoms with Crippen LogP contribution >= 0.6 is 0 Å². The highest BCUT2D eigenvalue weighted by Gasteiger charge is 2.23. The van der Waals surface area contributed by atoms with Crippen molar-refractivity contribution < 1.29 is 4.79 Å². The first kappa shape index (κ1) is 19.6. The maximum atomic E-state index is 12.9. The van der Waals surface area contributed by atoms with Gasteiger partial charge in [0.15, 0.2) is 0 Å². The summed E-state index contributed by atoms with van der Waals surface area (Å²) in [4.78, 5) is 19.6. The molecule has 2 aromatic rings. The zero-order valence-corrected chi connectivity index (χ0v) is 16.9. The minimum Gasteiger partial charge on any atom is -0.337 e. The number of hydrogen-bond donors (Lipinski definition) is 0. The molecule has 0 saturated carbocycles. The molecule has 150 valence electrons. The Morgan fingerprint density at radius 1 is 0.897 bits per heavy atom. The topological polar surface area (TPSA) is 50.6 Å². The van der Waals surface area contributed by atoms with Gasteiger partial charge in [0.05, 0.1) is 18.2 Å². The summed E-state index contributed by atoms with van der Waals surface area (Å²) >= 11 is 0. The number of carbonyl (C=O) groups is 1. The number of carbonyl (C=O) groups excluding carboxylic acids is 1. The van der Waals surface area contributed by atoms with Gasteiger partial charge in [-0.3, -0.25) is 14.6 Å². The van der Waals surface area contributed by atoms with Gasteiger partial charge in [0.1, 0.15) is 0 Å². The monoisotopic (exact) mass is 388 g/mol. The van der Waals surface area contributed by atoms with E-state index < -0.39 is 0 Å². The van der Waals surface area contributed by atoms with Crippen LogP contribution in [-0.2, 0) is 24.3 Å². The fourth-order valence-corrected chi connectivity index (χ4v) is 4.28. The van der Waals surface area contributed by atoms with Crippen molar-refractivity contribution in [3.05, 3.63) is 70.8 Å². The normalized spacial score (nSPS) is 18.0. The molecule has 0 N–H and O–H groups in total. The summed E-state index contributed by atoms with van der Waals surface area (Å²) in [5.41, 5.74) is 4.61. The van der Waals surface area contributed by atoms with E-state index in [1.165, 1.54) is 16.7 Å². The number of nitrogens with zero attached hydrogens (tertiary/aromatic N) is 4. The second kappa shape index (κ2) is 9.21. The van der Waals surface area contributed by atoms with E-state index in [4.69, 9.17) is 5.26 Å². The van der Waals surface area contributed by atoms with Crippen molar-refractivity contribution in [1.29, 1.82) is 5.26 Å². The second-order valence-corrected chi connectivity index (χ2v) is 8.05. The third kappa shape index (κ3) is 5.03. The Hall–Kier alpha value is -2.68. The molecule has 1 fully saturated rings. The maximum Gasteiger partial charge on any atom is 0.237 e. The highest BCUT2D eigenvalue weighted by atomic mass is 16.2. The summed E-state index contributed by atoms with van der Waals surface area (Å²) in [7, 11) is 0. The molecule has 0 aliphatic carbocycles. The first-order valence-corrected chi connectivity index (χ1v) is 10.5. The number of amides is 1. The van der Waals surface area contributed by atoms with Crippen LogP contribution in [0.4, 0.5) is 0 Å². The average Bonchev–Trinajstić information content (AvgIpc) is 2.99. The molecule has 2 aliphatic rings. The highest BCUT2D eigenvalue weighted by molar-refractivity contribution is 5.78. The Morgan fingerprint density at radius 2 is 1.62 bits per heavy atom. The fourth-order valence-electron chi connectivity index (χ4n) is 4.28. The van der Waals surface area contributed by atoms with Crippen molar-refractivity contribution in [2.75, 3.05) is 39.3 Å². The summed E-state index contributed by atoms with van der Waals surface area (Å²) in [5, 5.41) is 8.93. The third-order valence-electron chi connectivity index (χ3n) is 6.01. The van der Waals surface area contributed by atoms with E-state index >= 15 is 0 Å². The van der Waals surface area contributed by atoms with Crippen LogP contribution in [0, 0.1) is 11.3 Å². The van der Waals surface area contributed by atoms with Crippen molar-refractivity contribution in [1.82, 2.24) is 14.7 Å². The zero-order valence-electron chi connectivity index (χ0n) is 16.9. The molecule has 5 nitrogen and oxygen atoms in total. The van der Waals surface area contributed by atoms with E-state index in [0.717, 1.165) is 58.7 Å². The van der Waals surface area contributed by atoms with Crippen molar-refractivity contribution in [2.45, 2.75) is 25.9 Å². The molecule has 2 aromatic carbocycles. The van der Waals surface area contributed by atoms with Crippen molar-refractivity contribution in [2.24, 2.45) is 0 Å². The summed E-state index contributed by atoms with van der Waals surface area (Å²) in [6, 6.07) is 18.5. The lowest BCUT2D eigenvalue weighted by Gasteiger charge is -2.31. The molecule has 0 bridgehead atoms. The molecular formula is C24H28N4O. The highest BCUT2D eigenvalue weighted by Crippen LogP contribution is 2.19. The van der Waals surface area contributed by atoms with Gasteiger partial charge in [0.25, 0.3) is 0 Å². The Morgan fingerprint density at radius 3 is 2.41 bits per heavy atom. The van der Waals surface area contributed by atoms with Crippen LogP contribution in [0.15, 0.2) is 48.5 Å². The van der Waals surface area contributed by atoms with Crippen molar-refractivity contribution in [3.8, 4) is 6.07 Å². The molecule has 1 amide bonds. The second-order valence-electron chi connectivity index (χ2n) is 8.05. The summed E-state index contributed by atoms with van der Waals surface area (Å²) < 4.78 is 0. The average molecular weight is 389 g/mol. The molecular weight excluding hydrogens is 360 g/mol. The number of rotatable bonds is 4. The van der Waals surface area contributed by atoms with Crippen molar-refractivity contribution >= 4 is 5.91 Å². The van der Waals surface area contributed by atoms with Gasteiger partial charge in [-0.25, -0.2) is 0 Å². The molecule has 0 unspecified atom stereocenters. The van der Waals surface area contributed by atoms with Gasteiger partial charge in [-0.1, -0.05) is 36.4 Å². The van der Waals surface area contributed by atoms with E-state index in [9.17, 15) is 4.79 Å². The molecule has 0 spiro atoms.